The standard InChI is InChI=1S/C18H24O3Si/c1-4-19-22(20-5-2,21-6-3)14-13-16-11-12-17-9-7-8-10-18(17)15-16/h7-15H,4-6H2,1-3H3/b14-13+. The second-order valence-electron chi connectivity index (χ2n) is 4.84. The van der Waals surface area contributed by atoms with Crippen LogP contribution in [0.2, 0.25) is 0 Å². The van der Waals surface area contributed by atoms with Gasteiger partial charge in [0.2, 0.25) is 0 Å². The smallest absolute Gasteiger partial charge is 0.371 e. The fourth-order valence-corrected chi connectivity index (χ4v) is 4.53. The summed E-state index contributed by atoms with van der Waals surface area (Å²) < 4.78 is 17.5. The zero-order valence-electron chi connectivity index (χ0n) is 13.5. The minimum atomic E-state index is -2.73. The normalized spacial score (nSPS) is 12.3. The van der Waals surface area contributed by atoms with Crippen LogP contribution in [0.1, 0.15) is 26.3 Å². The first-order chi connectivity index (χ1) is 10.7. The minimum absolute atomic E-state index is 0.578. The predicted octanol–water partition coefficient (Wildman–Crippen LogP) is 4.44. The number of hydrogen-bond donors (Lipinski definition) is 0. The SMILES string of the molecule is CCO[Si](/C=C/c1ccc2ccccc2c1)(OCC)OCC. The molecule has 0 aliphatic rings. The van der Waals surface area contributed by atoms with Gasteiger partial charge in [-0.2, -0.15) is 0 Å². The molecule has 0 aromatic heterocycles. The molecule has 0 saturated carbocycles. The van der Waals surface area contributed by atoms with Crippen LogP contribution in [0.5, 0.6) is 0 Å². The third-order valence-electron chi connectivity index (χ3n) is 3.29. The Labute approximate surface area is 133 Å². The molecule has 2 aromatic rings. The molecule has 0 heterocycles. The first-order valence-electron chi connectivity index (χ1n) is 7.83. The summed E-state index contributed by atoms with van der Waals surface area (Å²) >= 11 is 0. The molecule has 22 heavy (non-hydrogen) atoms. The van der Waals surface area contributed by atoms with Crippen LogP contribution in [0.4, 0.5) is 0 Å². The Kier molecular flexibility index (Phi) is 6.33. The van der Waals surface area contributed by atoms with Gasteiger partial charge in [-0.3, -0.25) is 0 Å². The van der Waals surface area contributed by atoms with Crippen LogP contribution in [-0.4, -0.2) is 28.6 Å². The molecule has 2 aromatic carbocycles. The highest BCUT2D eigenvalue weighted by molar-refractivity contribution is 6.67. The lowest BCUT2D eigenvalue weighted by Gasteiger charge is -2.25. The van der Waals surface area contributed by atoms with E-state index in [2.05, 4.69) is 42.5 Å². The fourth-order valence-electron chi connectivity index (χ4n) is 2.38. The van der Waals surface area contributed by atoms with Crippen LogP contribution in [0.3, 0.4) is 0 Å². The molecule has 0 N–H and O–H groups in total. The van der Waals surface area contributed by atoms with E-state index in [9.17, 15) is 0 Å². The summed E-state index contributed by atoms with van der Waals surface area (Å²) in [4.78, 5) is 0. The van der Waals surface area contributed by atoms with Gasteiger partial charge in [-0.25, -0.2) is 0 Å². The summed E-state index contributed by atoms with van der Waals surface area (Å²) in [5, 5.41) is 2.46. The molecule has 0 radical (unpaired) electrons. The van der Waals surface area contributed by atoms with E-state index >= 15 is 0 Å². The van der Waals surface area contributed by atoms with Crippen molar-refractivity contribution in [3.8, 4) is 0 Å². The summed E-state index contributed by atoms with van der Waals surface area (Å²) in [6, 6.07) is 14.7. The highest BCUT2D eigenvalue weighted by Crippen LogP contribution is 2.19. The summed E-state index contributed by atoms with van der Waals surface area (Å²) in [5.74, 6) is 0. The molecule has 0 aliphatic carbocycles. The molecule has 0 amide bonds. The van der Waals surface area contributed by atoms with Gasteiger partial charge in [0.05, 0.1) is 0 Å². The molecule has 0 unspecified atom stereocenters. The van der Waals surface area contributed by atoms with Crippen molar-refractivity contribution in [1.82, 2.24) is 0 Å². The Balaban J connectivity index is 2.27. The molecule has 0 aliphatic heterocycles. The van der Waals surface area contributed by atoms with Crippen molar-refractivity contribution < 1.29 is 13.3 Å². The zero-order valence-corrected chi connectivity index (χ0v) is 14.5. The van der Waals surface area contributed by atoms with E-state index in [0.29, 0.717) is 19.8 Å². The molecular formula is C18H24O3Si. The van der Waals surface area contributed by atoms with Crippen molar-refractivity contribution in [2.75, 3.05) is 19.8 Å². The largest absolute Gasteiger partial charge is 0.529 e. The average Bonchev–Trinajstić information content (AvgIpc) is 2.53. The zero-order chi connectivity index (χ0) is 15.8. The van der Waals surface area contributed by atoms with Gasteiger partial charge in [0.25, 0.3) is 0 Å². The maximum atomic E-state index is 5.83. The van der Waals surface area contributed by atoms with Crippen LogP contribution in [-0.2, 0) is 13.3 Å². The summed E-state index contributed by atoms with van der Waals surface area (Å²) in [7, 11) is -2.73. The fraction of sp³-hybridized carbons (Fsp3) is 0.333. The lowest BCUT2D eigenvalue weighted by atomic mass is 10.1. The quantitative estimate of drug-likeness (QED) is 0.674. The van der Waals surface area contributed by atoms with Crippen molar-refractivity contribution in [2.45, 2.75) is 20.8 Å². The Bertz CT molecular complexity index is 607. The van der Waals surface area contributed by atoms with Gasteiger partial charge >= 0.3 is 8.80 Å². The topological polar surface area (TPSA) is 27.7 Å². The molecule has 0 saturated heterocycles. The van der Waals surface area contributed by atoms with Gasteiger partial charge in [0, 0.05) is 19.8 Å². The van der Waals surface area contributed by atoms with E-state index in [1.54, 1.807) is 0 Å². The Morgan fingerprint density at radius 1 is 0.818 bits per heavy atom. The van der Waals surface area contributed by atoms with Gasteiger partial charge in [-0.05, 0) is 48.9 Å². The molecule has 0 fully saturated rings. The molecule has 3 nitrogen and oxygen atoms in total. The van der Waals surface area contributed by atoms with E-state index in [0.717, 1.165) is 5.56 Å². The molecular weight excluding hydrogens is 292 g/mol. The molecule has 4 heteroatoms. The second-order valence-corrected chi connectivity index (χ2v) is 7.25. The van der Waals surface area contributed by atoms with Crippen LogP contribution >= 0.6 is 0 Å². The van der Waals surface area contributed by atoms with Crippen molar-refractivity contribution in [2.24, 2.45) is 0 Å². The van der Waals surface area contributed by atoms with E-state index in [-0.39, 0.29) is 0 Å². The number of hydrogen-bond acceptors (Lipinski definition) is 3. The number of rotatable bonds is 8. The summed E-state index contributed by atoms with van der Waals surface area (Å²) in [6.45, 7) is 7.62. The van der Waals surface area contributed by atoms with Gasteiger partial charge < -0.3 is 13.3 Å². The summed E-state index contributed by atoms with van der Waals surface area (Å²) in [6.07, 6.45) is 2.04. The Morgan fingerprint density at radius 3 is 2.00 bits per heavy atom. The Hall–Kier alpha value is -1.46. The second kappa shape index (κ2) is 8.24. The van der Waals surface area contributed by atoms with Gasteiger partial charge in [0.15, 0.2) is 0 Å². The van der Waals surface area contributed by atoms with Crippen molar-refractivity contribution in [3.05, 3.63) is 53.7 Å². The minimum Gasteiger partial charge on any atom is -0.371 e. The third kappa shape index (κ3) is 4.27. The molecule has 0 bridgehead atoms. The van der Waals surface area contributed by atoms with Crippen molar-refractivity contribution >= 4 is 25.7 Å². The third-order valence-corrected chi connectivity index (χ3v) is 5.94. The van der Waals surface area contributed by atoms with Crippen LogP contribution in [0.25, 0.3) is 16.8 Å². The summed E-state index contributed by atoms with van der Waals surface area (Å²) in [5.41, 5.74) is 3.10. The van der Waals surface area contributed by atoms with Crippen LogP contribution < -0.4 is 0 Å². The van der Waals surface area contributed by atoms with Crippen molar-refractivity contribution in [3.63, 3.8) is 0 Å². The maximum absolute atomic E-state index is 5.83. The first kappa shape index (κ1) is 16.9. The van der Waals surface area contributed by atoms with Gasteiger partial charge in [-0.15, -0.1) is 0 Å². The molecule has 118 valence electrons. The van der Waals surface area contributed by atoms with E-state index < -0.39 is 8.80 Å². The van der Waals surface area contributed by atoms with E-state index in [1.807, 2.05) is 32.5 Å². The highest BCUT2D eigenvalue weighted by atomic mass is 28.4. The predicted molar refractivity (Wildman–Crippen MR) is 93.6 cm³/mol. The van der Waals surface area contributed by atoms with E-state index in [1.165, 1.54) is 10.8 Å². The van der Waals surface area contributed by atoms with E-state index in [4.69, 9.17) is 13.3 Å². The number of fused-ring (bicyclic) bond motifs is 1. The monoisotopic (exact) mass is 316 g/mol. The number of benzene rings is 2. The molecule has 2 rings (SSSR count). The van der Waals surface area contributed by atoms with Crippen LogP contribution in [0.15, 0.2) is 48.2 Å². The highest BCUT2D eigenvalue weighted by Gasteiger charge is 2.37. The van der Waals surface area contributed by atoms with Gasteiger partial charge in [-0.1, -0.05) is 42.5 Å². The first-order valence-corrected chi connectivity index (χ1v) is 9.63. The average molecular weight is 316 g/mol. The van der Waals surface area contributed by atoms with Gasteiger partial charge in [0.1, 0.15) is 0 Å². The maximum Gasteiger partial charge on any atom is 0.529 e. The Morgan fingerprint density at radius 2 is 1.41 bits per heavy atom. The van der Waals surface area contributed by atoms with Crippen molar-refractivity contribution in [1.29, 1.82) is 0 Å². The molecule has 0 spiro atoms. The lowest BCUT2D eigenvalue weighted by molar-refractivity contribution is 0.0845. The van der Waals surface area contributed by atoms with Crippen LogP contribution in [0, 0.1) is 0 Å². The molecule has 0 atom stereocenters. The lowest BCUT2D eigenvalue weighted by Crippen LogP contribution is -2.44.